The maximum atomic E-state index is 12.6. The second-order valence-corrected chi connectivity index (χ2v) is 6.01. The number of likely N-dealkylation sites (tertiary alicyclic amines) is 1. The van der Waals surface area contributed by atoms with E-state index in [1.807, 2.05) is 7.05 Å². The molecule has 1 unspecified atom stereocenters. The third kappa shape index (κ3) is 3.04. The number of hydrogen-bond donors (Lipinski definition) is 2. The van der Waals surface area contributed by atoms with Crippen LogP contribution < -0.4 is 10.6 Å². The fourth-order valence-corrected chi connectivity index (χ4v) is 3.22. The van der Waals surface area contributed by atoms with Crippen molar-refractivity contribution in [3.05, 3.63) is 0 Å². The molecule has 2 rings (SSSR count). The molecule has 1 atom stereocenters. The Hall–Kier alpha value is -0.610. The molecule has 0 radical (unpaired) electrons. The standard InChI is InChI=1S/C14H27N3O/c1-14(7-3-4-8-16-14)13(18)17-9-5-12(6-10-17)11-15-2/h12,15-16H,3-11H2,1-2H3. The lowest BCUT2D eigenvalue weighted by atomic mass is 9.88. The first kappa shape index (κ1) is 13.8. The Morgan fingerprint density at radius 3 is 2.67 bits per heavy atom. The van der Waals surface area contributed by atoms with Gasteiger partial charge < -0.3 is 15.5 Å². The molecule has 0 aromatic heterocycles. The lowest BCUT2D eigenvalue weighted by Gasteiger charge is -2.40. The summed E-state index contributed by atoms with van der Waals surface area (Å²) in [6.45, 7) is 6.01. The molecule has 0 spiro atoms. The summed E-state index contributed by atoms with van der Waals surface area (Å²) in [4.78, 5) is 14.7. The van der Waals surface area contributed by atoms with Crippen molar-refractivity contribution < 1.29 is 4.79 Å². The van der Waals surface area contributed by atoms with E-state index in [-0.39, 0.29) is 5.54 Å². The minimum atomic E-state index is -0.298. The van der Waals surface area contributed by atoms with Gasteiger partial charge in [0.25, 0.3) is 0 Å². The van der Waals surface area contributed by atoms with Gasteiger partial charge in [-0.2, -0.15) is 0 Å². The molecule has 104 valence electrons. The quantitative estimate of drug-likeness (QED) is 0.788. The summed E-state index contributed by atoms with van der Waals surface area (Å²) in [5.74, 6) is 1.07. The number of rotatable bonds is 3. The topological polar surface area (TPSA) is 44.4 Å². The molecule has 0 aromatic rings. The SMILES string of the molecule is CNCC1CCN(C(=O)C2(C)CCCCN2)CC1. The molecule has 2 fully saturated rings. The second-order valence-electron chi connectivity index (χ2n) is 6.01. The van der Waals surface area contributed by atoms with Crippen molar-refractivity contribution in [2.45, 2.75) is 44.6 Å². The highest BCUT2D eigenvalue weighted by Crippen LogP contribution is 2.24. The molecular weight excluding hydrogens is 226 g/mol. The number of nitrogens with zero attached hydrogens (tertiary/aromatic N) is 1. The van der Waals surface area contributed by atoms with Crippen molar-refractivity contribution in [1.82, 2.24) is 15.5 Å². The number of amides is 1. The summed E-state index contributed by atoms with van der Waals surface area (Å²) in [5.41, 5.74) is -0.298. The minimum Gasteiger partial charge on any atom is -0.341 e. The number of nitrogens with one attached hydrogen (secondary N) is 2. The fourth-order valence-electron chi connectivity index (χ4n) is 3.22. The predicted octanol–water partition coefficient (Wildman–Crippen LogP) is 0.977. The van der Waals surface area contributed by atoms with Crippen LogP contribution in [0.25, 0.3) is 0 Å². The van der Waals surface area contributed by atoms with Gasteiger partial charge in [0.05, 0.1) is 5.54 Å². The zero-order valence-corrected chi connectivity index (χ0v) is 11.8. The first-order valence-corrected chi connectivity index (χ1v) is 7.35. The Labute approximate surface area is 110 Å². The summed E-state index contributed by atoms with van der Waals surface area (Å²) in [6, 6.07) is 0. The van der Waals surface area contributed by atoms with Crippen LogP contribution in [0.1, 0.15) is 39.0 Å². The van der Waals surface area contributed by atoms with Crippen LogP contribution >= 0.6 is 0 Å². The Balaban J connectivity index is 1.86. The average Bonchev–Trinajstić information content (AvgIpc) is 2.40. The first-order chi connectivity index (χ1) is 8.65. The highest BCUT2D eigenvalue weighted by Gasteiger charge is 2.38. The van der Waals surface area contributed by atoms with Gasteiger partial charge in [-0.1, -0.05) is 0 Å². The normalized spacial score (nSPS) is 30.4. The zero-order chi connectivity index (χ0) is 13.0. The average molecular weight is 253 g/mol. The van der Waals surface area contributed by atoms with Crippen LogP contribution in [-0.2, 0) is 4.79 Å². The summed E-state index contributed by atoms with van der Waals surface area (Å²) in [7, 11) is 2.00. The smallest absolute Gasteiger partial charge is 0.242 e. The van der Waals surface area contributed by atoms with Crippen molar-refractivity contribution in [3.63, 3.8) is 0 Å². The first-order valence-electron chi connectivity index (χ1n) is 7.35. The van der Waals surface area contributed by atoms with Gasteiger partial charge in [-0.05, 0) is 65.1 Å². The highest BCUT2D eigenvalue weighted by molar-refractivity contribution is 5.86. The van der Waals surface area contributed by atoms with Gasteiger partial charge in [-0.25, -0.2) is 0 Å². The largest absolute Gasteiger partial charge is 0.341 e. The van der Waals surface area contributed by atoms with E-state index >= 15 is 0 Å². The van der Waals surface area contributed by atoms with Crippen LogP contribution in [0.5, 0.6) is 0 Å². The van der Waals surface area contributed by atoms with Gasteiger partial charge >= 0.3 is 0 Å². The van der Waals surface area contributed by atoms with Gasteiger partial charge in [0, 0.05) is 13.1 Å². The molecule has 0 aromatic carbocycles. The van der Waals surface area contributed by atoms with Crippen molar-refractivity contribution >= 4 is 5.91 Å². The molecule has 4 nitrogen and oxygen atoms in total. The van der Waals surface area contributed by atoms with E-state index in [9.17, 15) is 4.79 Å². The van der Waals surface area contributed by atoms with Crippen molar-refractivity contribution in [1.29, 1.82) is 0 Å². The van der Waals surface area contributed by atoms with Gasteiger partial charge in [-0.3, -0.25) is 4.79 Å². The molecule has 2 saturated heterocycles. The maximum absolute atomic E-state index is 12.6. The van der Waals surface area contributed by atoms with Crippen molar-refractivity contribution in [2.24, 2.45) is 5.92 Å². The number of piperidine rings is 2. The number of hydrogen-bond acceptors (Lipinski definition) is 3. The van der Waals surface area contributed by atoms with Gasteiger partial charge in [-0.15, -0.1) is 0 Å². The Morgan fingerprint density at radius 1 is 1.39 bits per heavy atom. The monoisotopic (exact) mass is 253 g/mol. The van der Waals surface area contributed by atoms with Crippen molar-refractivity contribution in [2.75, 3.05) is 33.2 Å². The molecule has 2 aliphatic rings. The van der Waals surface area contributed by atoms with Gasteiger partial charge in [0.1, 0.15) is 0 Å². The number of carbonyl (C=O) groups is 1. The van der Waals surface area contributed by atoms with E-state index in [2.05, 4.69) is 22.5 Å². The molecule has 2 N–H and O–H groups in total. The molecule has 0 bridgehead atoms. The third-order valence-electron chi connectivity index (χ3n) is 4.49. The maximum Gasteiger partial charge on any atom is 0.242 e. The number of carbonyl (C=O) groups excluding carboxylic acids is 1. The Kier molecular flexibility index (Phi) is 4.62. The lowest BCUT2D eigenvalue weighted by molar-refractivity contribution is -0.140. The van der Waals surface area contributed by atoms with Gasteiger partial charge in [0.2, 0.25) is 5.91 Å². The molecule has 0 saturated carbocycles. The molecule has 18 heavy (non-hydrogen) atoms. The minimum absolute atomic E-state index is 0.298. The van der Waals surface area contributed by atoms with Crippen LogP contribution in [0.2, 0.25) is 0 Å². The van der Waals surface area contributed by atoms with Crippen LogP contribution in [-0.4, -0.2) is 49.6 Å². The fraction of sp³-hybridized carbons (Fsp3) is 0.929. The van der Waals surface area contributed by atoms with Crippen molar-refractivity contribution in [3.8, 4) is 0 Å². The van der Waals surface area contributed by atoms with E-state index in [4.69, 9.17) is 0 Å². The molecular formula is C14H27N3O. The van der Waals surface area contributed by atoms with Gasteiger partial charge in [0.15, 0.2) is 0 Å². The van der Waals surface area contributed by atoms with Crippen LogP contribution in [0, 0.1) is 5.92 Å². The zero-order valence-electron chi connectivity index (χ0n) is 11.8. The molecule has 1 amide bonds. The summed E-state index contributed by atoms with van der Waals surface area (Å²) in [6.07, 6.45) is 5.65. The summed E-state index contributed by atoms with van der Waals surface area (Å²) in [5, 5.41) is 6.66. The lowest BCUT2D eigenvalue weighted by Crippen LogP contribution is -2.59. The Bertz CT molecular complexity index is 279. The molecule has 2 heterocycles. The van der Waals surface area contributed by atoms with Crippen LogP contribution in [0.15, 0.2) is 0 Å². The van der Waals surface area contributed by atoms with Crippen LogP contribution in [0.4, 0.5) is 0 Å². The highest BCUT2D eigenvalue weighted by atomic mass is 16.2. The van der Waals surface area contributed by atoms with Crippen LogP contribution in [0.3, 0.4) is 0 Å². The molecule has 2 aliphatic heterocycles. The molecule has 0 aliphatic carbocycles. The summed E-state index contributed by atoms with van der Waals surface area (Å²) >= 11 is 0. The predicted molar refractivity (Wildman–Crippen MR) is 73.5 cm³/mol. The Morgan fingerprint density at radius 2 is 2.11 bits per heavy atom. The van der Waals surface area contributed by atoms with E-state index in [0.29, 0.717) is 5.91 Å². The second kappa shape index (κ2) is 6.02. The van der Waals surface area contributed by atoms with E-state index in [0.717, 1.165) is 51.4 Å². The van der Waals surface area contributed by atoms with E-state index in [1.54, 1.807) is 0 Å². The summed E-state index contributed by atoms with van der Waals surface area (Å²) < 4.78 is 0. The van der Waals surface area contributed by atoms with E-state index < -0.39 is 0 Å². The van der Waals surface area contributed by atoms with E-state index in [1.165, 1.54) is 12.8 Å². The third-order valence-corrected chi connectivity index (χ3v) is 4.49. The molecule has 4 heteroatoms.